The van der Waals surface area contributed by atoms with Crippen molar-refractivity contribution in [3.8, 4) is 0 Å². The fraction of sp³-hybridized carbons (Fsp3) is 0.500. The predicted octanol–water partition coefficient (Wildman–Crippen LogP) is 1.27. The average Bonchev–Trinajstić information content (AvgIpc) is 2.76. The van der Waals surface area contributed by atoms with Crippen molar-refractivity contribution in [2.45, 2.75) is 25.7 Å². The van der Waals surface area contributed by atoms with E-state index in [0.29, 0.717) is 0 Å². The Kier molecular flexibility index (Phi) is 3.61. The lowest BCUT2D eigenvalue weighted by Gasteiger charge is -2.12. The number of fused-ring (bicyclic) bond motifs is 3. The first-order valence-electron chi connectivity index (χ1n) is 6.54. The summed E-state index contributed by atoms with van der Waals surface area (Å²) in [6, 6.07) is 0. The van der Waals surface area contributed by atoms with E-state index in [-0.39, 0.29) is 12.3 Å². The number of aryl methyl sites for hydroxylation is 2. The van der Waals surface area contributed by atoms with E-state index in [1.165, 1.54) is 29.6 Å². The second-order valence-corrected chi connectivity index (χ2v) is 7.72. The lowest BCUT2D eigenvalue weighted by molar-refractivity contribution is 0.598. The summed E-state index contributed by atoms with van der Waals surface area (Å²) in [4.78, 5) is 11.0. The number of nitrogens with zero attached hydrogens (tertiary/aromatic N) is 2. The van der Waals surface area contributed by atoms with Crippen LogP contribution in [0.2, 0.25) is 0 Å². The molecule has 0 saturated carbocycles. The summed E-state index contributed by atoms with van der Waals surface area (Å²) in [6.07, 6.45) is 6.08. The van der Waals surface area contributed by atoms with E-state index < -0.39 is 10.0 Å². The van der Waals surface area contributed by atoms with Gasteiger partial charge in [0.15, 0.2) is 0 Å². The van der Waals surface area contributed by atoms with E-state index in [4.69, 9.17) is 5.14 Å². The van der Waals surface area contributed by atoms with Crippen LogP contribution in [0.5, 0.6) is 0 Å². The third-order valence-corrected chi connectivity index (χ3v) is 5.40. The molecule has 0 spiro atoms. The van der Waals surface area contributed by atoms with Crippen LogP contribution in [0.15, 0.2) is 6.33 Å². The van der Waals surface area contributed by atoms with Crippen LogP contribution in [0.3, 0.4) is 0 Å². The second-order valence-electron chi connectivity index (χ2n) is 4.91. The van der Waals surface area contributed by atoms with E-state index in [2.05, 4.69) is 15.3 Å². The molecule has 0 aliphatic heterocycles. The number of anilines is 1. The maximum absolute atomic E-state index is 11.0. The first-order valence-corrected chi connectivity index (χ1v) is 9.07. The van der Waals surface area contributed by atoms with Gasteiger partial charge in [0.25, 0.3) is 0 Å². The molecule has 3 N–H and O–H groups in total. The molecule has 0 unspecified atom stereocenters. The smallest absolute Gasteiger partial charge is 0.210 e. The van der Waals surface area contributed by atoms with Crippen LogP contribution in [0.4, 0.5) is 5.82 Å². The van der Waals surface area contributed by atoms with Crippen molar-refractivity contribution in [2.24, 2.45) is 5.14 Å². The number of nitrogens with two attached hydrogens (primary N) is 1. The Morgan fingerprint density at radius 3 is 2.90 bits per heavy atom. The number of hydrogen-bond acceptors (Lipinski definition) is 6. The molecule has 2 aromatic heterocycles. The van der Waals surface area contributed by atoms with Crippen LogP contribution in [0, 0.1) is 0 Å². The lowest BCUT2D eigenvalue weighted by atomic mass is 9.97. The highest BCUT2D eigenvalue weighted by Gasteiger charge is 2.19. The minimum Gasteiger partial charge on any atom is -0.368 e. The standard InChI is InChI=1S/C12H16N4O2S2/c13-20(17,18)6-5-14-11-10-8-3-1-2-4-9(8)19-12(10)16-7-15-11/h7H,1-6H2,(H2,13,17,18)(H,14,15,16). The Hall–Kier alpha value is -1.25. The lowest BCUT2D eigenvalue weighted by Crippen LogP contribution is -2.22. The summed E-state index contributed by atoms with van der Waals surface area (Å²) in [5.41, 5.74) is 1.33. The largest absolute Gasteiger partial charge is 0.368 e. The number of sulfonamides is 1. The third-order valence-electron chi connectivity index (χ3n) is 3.43. The summed E-state index contributed by atoms with van der Waals surface area (Å²) in [5, 5.41) is 9.14. The van der Waals surface area contributed by atoms with E-state index in [1.54, 1.807) is 11.3 Å². The van der Waals surface area contributed by atoms with Crippen molar-refractivity contribution in [3.63, 3.8) is 0 Å². The van der Waals surface area contributed by atoms with Gasteiger partial charge in [-0.25, -0.2) is 23.5 Å². The van der Waals surface area contributed by atoms with Crippen molar-refractivity contribution in [1.82, 2.24) is 9.97 Å². The molecular weight excluding hydrogens is 296 g/mol. The number of hydrogen-bond donors (Lipinski definition) is 2. The van der Waals surface area contributed by atoms with Crippen molar-refractivity contribution in [2.75, 3.05) is 17.6 Å². The van der Waals surface area contributed by atoms with Gasteiger partial charge in [0.2, 0.25) is 10.0 Å². The minimum absolute atomic E-state index is 0.106. The third kappa shape index (κ3) is 2.77. The summed E-state index contributed by atoms with van der Waals surface area (Å²) < 4.78 is 21.9. The highest BCUT2D eigenvalue weighted by Crippen LogP contribution is 2.37. The first-order chi connectivity index (χ1) is 9.54. The van der Waals surface area contributed by atoms with Gasteiger partial charge in [-0.05, 0) is 31.2 Å². The zero-order valence-corrected chi connectivity index (χ0v) is 12.6. The molecule has 6 nitrogen and oxygen atoms in total. The van der Waals surface area contributed by atoms with E-state index in [9.17, 15) is 8.42 Å². The zero-order chi connectivity index (χ0) is 14.2. The molecule has 0 radical (unpaired) electrons. The topological polar surface area (TPSA) is 98.0 Å². The van der Waals surface area contributed by atoms with Crippen molar-refractivity contribution >= 4 is 37.4 Å². The first kappa shape index (κ1) is 13.7. The number of rotatable bonds is 4. The molecule has 0 saturated heterocycles. The molecular formula is C12H16N4O2S2. The van der Waals surface area contributed by atoms with Gasteiger partial charge in [-0.3, -0.25) is 0 Å². The van der Waals surface area contributed by atoms with Crippen molar-refractivity contribution in [3.05, 3.63) is 16.8 Å². The van der Waals surface area contributed by atoms with Crippen LogP contribution in [0.25, 0.3) is 10.2 Å². The van der Waals surface area contributed by atoms with Crippen molar-refractivity contribution in [1.29, 1.82) is 0 Å². The maximum Gasteiger partial charge on any atom is 0.210 e. The van der Waals surface area contributed by atoms with Gasteiger partial charge < -0.3 is 5.32 Å². The second kappa shape index (κ2) is 5.27. The zero-order valence-electron chi connectivity index (χ0n) is 10.9. The monoisotopic (exact) mass is 312 g/mol. The maximum atomic E-state index is 11.0. The van der Waals surface area contributed by atoms with Gasteiger partial charge in [0, 0.05) is 11.4 Å². The molecule has 0 fully saturated rings. The van der Waals surface area contributed by atoms with Crippen LogP contribution in [-0.2, 0) is 22.9 Å². The van der Waals surface area contributed by atoms with Gasteiger partial charge in [-0.2, -0.15) is 0 Å². The molecule has 0 aromatic carbocycles. The fourth-order valence-corrected chi connectivity index (χ4v) is 4.15. The highest BCUT2D eigenvalue weighted by atomic mass is 32.2. The average molecular weight is 312 g/mol. The molecule has 2 heterocycles. The summed E-state index contributed by atoms with van der Waals surface area (Å²) in [6.45, 7) is 0.259. The molecule has 3 rings (SSSR count). The molecule has 20 heavy (non-hydrogen) atoms. The normalized spacial score (nSPS) is 15.2. The van der Waals surface area contributed by atoms with E-state index >= 15 is 0 Å². The van der Waals surface area contributed by atoms with Crippen LogP contribution in [0.1, 0.15) is 23.3 Å². The molecule has 108 valence electrons. The van der Waals surface area contributed by atoms with Gasteiger partial charge in [-0.1, -0.05) is 0 Å². The van der Waals surface area contributed by atoms with E-state index in [1.807, 2.05) is 0 Å². The summed E-state index contributed by atoms with van der Waals surface area (Å²) in [7, 11) is -3.45. The molecule has 1 aliphatic rings. The number of thiophene rings is 1. The van der Waals surface area contributed by atoms with E-state index in [0.717, 1.165) is 28.9 Å². The molecule has 0 amide bonds. The highest BCUT2D eigenvalue weighted by molar-refractivity contribution is 7.89. The SMILES string of the molecule is NS(=O)(=O)CCNc1ncnc2sc3c(c12)CCCC3. The molecule has 2 aromatic rings. The summed E-state index contributed by atoms with van der Waals surface area (Å²) >= 11 is 1.72. The Morgan fingerprint density at radius 1 is 1.30 bits per heavy atom. The predicted molar refractivity (Wildman–Crippen MR) is 80.5 cm³/mol. The van der Waals surface area contributed by atoms with Crippen LogP contribution in [-0.4, -0.2) is 30.7 Å². The fourth-order valence-electron chi connectivity index (χ4n) is 2.54. The van der Waals surface area contributed by atoms with Gasteiger partial charge in [0.05, 0.1) is 11.1 Å². The molecule has 8 heteroatoms. The van der Waals surface area contributed by atoms with Gasteiger partial charge in [0.1, 0.15) is 17.0 Å². The van der Waals surface area contributed by atoms with Crippen LogP contribution < -0.4 is 10.5 Å². The minimum atomic E-state index is -3.45. The molecule has 0 bridgehead atoms. The van der Waals surface area contributed by atoms with Gasteiger partial charge >= 0.3 is 0 Å². The Bertz CT molecular complexity index is 739. The molecule has 0 atom stereocenters. The Morgan fingerprint density at radius 2 is 2.10 bits per heavy atom. The number of aromatic nitrogens is 2. The van der Waals surface area contributed by atoms with Crippen LogP contribution >= 0.6 is 11.3 Å². The number of primary sulfonamides is 1. The number of nitrogens with one attached hydrogen (secondary N) is 1. The Labute approximate surface area is 121 Å². The Balaban J connectivity index is 1.92. The summed E-state index contributed by atoms with van der Waals surface area (Å²) in [5.74, 6) is 0.614. The van der Waals surface area contributed by atoms with Gasteiger partial charge in [-0.15, -0.1) is 11.3 Å². The quantitative estimate of drug-likeness (QED) is 0.886. The van der Waals surface area contributed by atoms with Crippen molar-refractivity contribution < 1.29 is 8.42 Å². The molecule has 1 aliphatic carbocycles.